The van der Waals surface area contributed by atoms with Crippen LogP contribution in [-0.4, -0.2) is 94.9 Å². The molecule has 0 bridgehead atoms. The third-order valence-corrected chi connectivity index (χ3v) is 9.90. The number of hydrogen-bond acceptors (Lipinski definition) is 16. The van der Waals surface area contributed by atoms with Gasteiger partial charge in [-0.3, -0.25) is 20.2 Å². The van der Waals surface area contributed by atoms with E-state index in [4.69, 9.17) is 0 Å². The van der Waals surface area contributed by atoms with Gasteiger partial charge in [-0.25, -0.2) is 16.8 Å². The predicted octanol–water partition coefficient (Wildman–Crippen LogP) is 8.29. The van der Waals surface area contributed by atoms with E-state index in [1.165, 1.54) is 48.5 Å². The summed E-state index contributed by atoms with van der Waals surface area (Å²) in [6.45, 7) is 3.67. The number of non-ortho nitro benzene ring substituents is 2. The maximum absolute atomic E-state index is 11.5. The standard InChI is InChI=1S/2C18H15N3O6S.Ba/c2*1-2-11-7-12(9-13(8-11)21(23)24)19-20-18-15-6-4-3-5-14(15)17(10-16(18)22)28(25,26)27;/h2*3-10,22H,2H2,1H3,(H,25,26,27);/q;;+2/p-2. The minimum atomic E-state index is -4.82. The molecule has 0 heterocycles. The molecule has 0 aliphatic heterocycles. The van der Waals surface area contributed by atoms with E-state index < -0.39 is 51.4 Å². The van der Waals surface area contributed by atoms with Gasteiger partial charge in [-0.15, -0.1) is 10.2 Å². The summed E-state index contributed by atoms with van der Waals surface area (Å²) in [6.07, 6.45) is 1.10. The first-order valence-corrected chi connectivity index (χ1v) is 19.0. The van der Waals surface area contributed by atoms with Gasteiger partial charge in [0.15, 0.2) is 0 Å². The Bertz CT molecular complexity index is 2640. The number of benzene rings is 6. The second-order valence-corrected chi connectivity index (χ2v) is 14.5. The third-order valence-electron chi connectivity index (χ3n) is 8.15. The number of phenolic OH excluding ortho intramolecular Hbond substituents is 2. The second kappa shape index (κ2) is 18.4. The quantitative estimate of drug-likeness (QED) is 0.0431. The number of rotatable bonds is 10. The van der Waals surface area contributed by atoms with Gasteiger partial charge in [-0.05, 0) is 36.1 Å². The summed E-state index contributed by atoms with van der Waals surface area (Å²) in [5.41, 5.74) is 1.39. The first-order valence-electron chi connectivity index (χ1n) is 16.2. The number of azo groups is 2. The summed E-state index contributed by atoms with van der Waals surface area (Å²) in [5.74, 6) is -1.09. The molecule has 0 unspecified atom stereocenters. The van der Waals surface area contributed by atoms with Crippen molar-refractivity contribution in [2.24, 2.45) is 20.5 Å². The molecule has 21 heteroatoms. The van der Waals surface area contributed by atoms with Crippen molar-refractivity contribution in [3.8, 4) is 11.5 Å². The number of hydrogen-bond donors (Lipinski definition) is 2. The molecule has 288 valence electrons. The van der Waals surface area contributed by atoms with Crippen LogP contribution in [0.5, 0.6) is 11.5 Å². The molecule has 0 aliphatic carbocycles. The molecule has 18 nitrogen and oxygen atoms in total. The minimum Gasteiger partial charge on any atom is -0.744 e. The van der Waals surface area contributed by atoms with Crippen molar-refractivity contribution in [3.63, 3.8) is 0 Å². The molecule has 0 amide bonds. The van der Waals surface area contributed by atoms with Crippen LogP contribution in [0.3, 0.4) is 0 Å². The van der Waals surface area contributed by atoms with Gasteiger partial charge in [0.1, 0.15) is 43.1 Å². The SMILES string of the molecule is CCc1cc(N=Nc2c(O)cc(S(=O)(=O)[O-])c3ccccc23)cc([N+](=O)[O-])c1.CCc1cc(N=Nc2c(O)cc(S(=O)(=O)[O-])c3ccccc23)cc([N+](=O)[O-])c1.[Ba+2]. The Kier molecular flexibility index (Phi) is 14.4. The average molecular weight is 938 g/mol. The van der Waals surface area contributed by atoms with Crippen LogP contribution in [0.2, 0.25) is 0 Å². The Morgan fingerprint density at radius 3 is 1.18 bits per heavy atom. The molecular formula is C36H28BaN6O12S2. The fourth-order valence-corrected chi connectivity index (χ4v) is 6.92. The molecule has 6 rings (SSSR count). The smallest absolute Gasteiger partial charge is 0.744 e. The van der Waals surface area contributed by atoms with Crippen LogP contribution >= 0.6 is 0 Å². The van der Waals surface area contributed by atoms with Crippen molar-refractivity contribution in [3.05, 3.63) is 128 Å². The molecule has 0 aliphatic rings. The van der Waals surface area contributed by atoms with Crippen molar-refractivity contribution in [1.29, 1.82) is 0 Å². The normalized spacial score (nSPS) is 11.7. The summed E-state index contributed by atoms with van der Waals surface area (Å²) in [7, 11) is -9.63. The molecule has 57 heavy (non-hydrogen) atoms. The number of aryl methyl sites for hydroxylation is 2. The van der Waals surface area contributed by atoms with E-state index in [1.54, 1.807) is 36.4 Å². The summed E-state index contributed by atoms with van der Waals surface area (Å²) in [6, 6.07) is 22.3. The summed E-state index contributed by atoms with van der Waals surface area (Å²) in [5, 5.41) is 59.0. The number of phenols is 2. The van der Waals surface area contributed by atoms with E-state index in [9.17, 15) is 56.4 Å². The van der Waals surface area contributed by atoms with Crippen LogP contribution in [0.4, 0.5) is 34.1 Å². The molecule has 0 aromatic heterocycles. The Morgan fingerprint density at radius 2 is 0.877 bits per heavy atom. The van der Waals surface area contributed by atoms with Crippen molar-refractivity contribution < 1.29 is 46.0 Å². The van der Waals surface area contributed by atoms with Crippen LogP contribution in [0, 0.1) is 20.2 Å². The van der Waals surface area contributed by atoms with Gasteiger partial charge in [0.25, 0.3) is 11.4 Å². The Balaban J connectivity index is 0.000000248. The zero-order chi connectivity index (χ0) is 40.9. The average Bonchev–Trinajstić information content (AvgIpc) is 3.15. The Morgan fingerprint density at radius 1 is 0.544 bits per heavy atom. The first-order chi connectivity index (χ1) is 26.4. The minimum absolute atomic E-state index is 0. The molecule has 0 radical (unpaired) electrons. The molecule has 0 spiro atoms. The van der Waals surface area contributed by atoms with E-state index in [0.29, 0.717) is 24.0 Å². The second-order valence-electron chi connectivity index (χ2n) is 11.8. The van der Waals surface area contributed by atoms with E-state index in [1.807, 2.05) is 13.8 Å². The van der Waals surface area contributed by atoms with Gasteiger partial charge >= 0.3 is 48.9 Å². The van der Waals surface area contributed by atoms with Gasteiger partial charge in [0.2, 0.25) is 0 Å². The maximum Gasteiger partial charge on any atom is 2.00 e. The molecular weight excluding hydrogens is 910 g/mol. The number of nitro benzene ring substituents is 2. The Hall–Kier alpha value is -5.17. The fourth-order valence-electron chi connectivity index (χ4n) is 5.51. The van der Waals surface area contributed by atoms with Crippen molar-refractivity contribution in [2.45, 2.75) is 36.5 Å². The summed E-state index contributed by atoms with van der Waals surface area (Å²) < 4.78 is 68.9. The monoisotopic (exact) mass is 938 g/mol. The zero-order valence-electron chi connectivity index (χ0n) is 29.8. The van der Waals surface area contributed by atoms with E-state index in [-0.39, 0.29) is 105 Å². The van der Waals surface area contributed by atoms with Gasteiger partial charge in [0, 0.05) is 57.9 Å². The molecule has 6 aromatic carbocycles. The number of fused-ring (bicyclic) bond motifs is 2. The molecule has 0 fully saturated rings. The molecule has 0 saturated heterocycles. The van der Waals surface area contributed by atoms with Gasteiger partial charge in [0.05, 0.1) is 31.0 Å². The summed E-state index contributed by atoms with van der Waals surface area (Å²) >= 11 is 0. The zero-order valence-corrected chi connectivity index (χ0v) is 35.9. The number of nitrogens with zero attached hydrogens (tertiary/aromatic N) is 6. The first kappa shape index (κ1) is 44.5. The third kappa shape index (κ3) is 10.6. The molecule has 0 atom stereocenters. The van der Waals surface area contributed by atoms with Gasteiger partial charge in [-0.2, -0.15) is 10.2 Å². The number of nitro groups is 2. The maximum atomic E-state index is 11.5. The van der Waals surface area contributed by atoms with Gasteiger partial charge in [-0.1, -0.05) is 62.4 Å². The van der Waals surface area contributed by atoms with Crippen LogP contribution in [0.25, 0.3) is 21.5 Å². The van der Waals surface area contributed by atoms with Crippen molar-refractivity contribution in [2.75, 3.05) is 0 Å². The predicted molar refractivity (Wildman–Crippen MR) is 206 cm³/mol. The molecule has 6 aromatic rings. The van der Waals surface area contributed by atoms with Crippen molar-refractivity contribution in [1.82, 2.24) is 0 Å². The van der Waals surface area contributed by atoms with E-state index in [0.717, 1.165) is 12.1 Å². The topological polar surface area (TPSA) is 291 Å². The fraction of sp³-hybridized carbons (Fsp3) is 0.111. The summed E-state index contributed by atoms with van der Waals surface area (Å²) in [4.78, 5) is 19.9. The van der Waals surface area contributed by atoms with Gasteiger partial charge < -0.3 is 19.3 Å². The van der Waals surface area contributed by atoms with Crippen LogP contribution in [0.15, 0.2) is 127 Å². The van der Waals surface area contributed by atoms with Crippen LogP contribution in [0.1, 0.15) is 25.0 Å². The van der Waals surface area contributed by atoms with Crippen LogP contribution in [-0.2, 0) is 33.1 Å². The molecule has 0 saturated carbocycles. The van der Waals surface area contributed by atoms with Crippen molar-refractivity contribution >= 4 is 125 Å². The van der Waals surface area contributed by atoms with E-state index >= 15 is 0 Å². The number of aromatic hydroxyl groups is 2. The largest absolute Gasteiger partial charge is 2.00 e. The van der Waals surface area contributed by atoms with E-state index in [2.05, 4.69) is 20.5 Å². The molecule has 2 N–H and O–H groups in total. The Labute approximate surface area is 364 Å². The van der Waals surface area contributed by atoms with Crippen LogP contribution < -0.4 is 0 Å².